The molecule has 1 aromatic heterocycles. The molecule has 8 nitrogen and oxygen atoms in total. The fourth-order valence-electron chi connectivity index (χ4n) is 2.06. The van der Waals surface area contributed by atoms with E-state index in [-0.39, 0.29) is 11.7 Å². The summed E-state index contributed by atoms with van der Waals surface area (Å²) in [6, 6.07) is 5.99. The van der Waals surface area contributed by atoms with Crippen molar-refractivity contribution in [2.24, 2.45) is 0 Å². The number of nitrogens with zero attached hydrogens (tertiary/aromatic N) is 2. The highest BCUT2D eigenvalue weighted by Crippen LogP contribution is 2.25. The van der Waals surface area contributed by atoms with Crippen LogP contribution in [0.15, 0.2) is 24.3 Å². The third-order valence-corrected chi connectivity index (χ3v) is 4.04. The number of anilines is 3. The number of nitrogens with one attached hydrogen (secondary N) is 4. The Bertz CT molecular complexity index is 831. The van der Waals surface area contributed by atoms with E-state index in [1.807, 2.05) is 0 Å². The first kappa shape index (κ1) is 20.9. The van der Waals surface area contributed by atoms with E-state index in [0.717, 1.165) is 0 Å². The summed E-state index contributed by atoms with van der Waals surface area (Å²) in [6.07, 6.45) is 0.464. The topological polar surface area (TPSA) is 108 Å². The van der Waals surface area contributed by atoms with Crippen molar-refractivity contribution in [2.45, 2.75) is 20.3 Å². The van der Waals surface area contributed by atoms with E-state index >= 15 is 0 Å². The minimum absolute atomic E-state index is 0.125. The Labute approximate surface area is 167 Å². The summed E-state index contributed by atoms with van der Waals surface area (Å²) in [5, 5.41) is 12.1. The maximum absolute atomic E-state index is 12.1. The maximum Gasteiger partial charge on any atom is 0.326 e. The predicted octanol–water partition coefficient (Wildman–Crippen LogP) is 3.67. The van der Waals surface area contributed by atoms with Crippen molar-refractivity contribution in [1.82, 2.24) is 15.3 Å². The van der Waals surface area contributed by atoms with Crippen LogP contribution in [0.5, 0.6) is 0 Å². The molecule has 2 aromatic rings. The second-order valence-electron chi connectivity index (χ2n) is 5.73. The molecule has 0 spiro atoms. The highest BCUT2D eigenvalue weighted by molar-refractivity contribution is 6.42. The number of carbonyl (C=O) groups excluding carboxylic acids is 2. The molecule has 0 aliphatic carbocycles. The standard InChI is InChI=1S/C17H20Cl2N6O2/c1-10-7-15(21-9-20-6-5-11(2)26)24-16(22-10)25-17(27)23-12-3-4-13(18)14(19)8-12/h3-4,7-8,20H,5-6,9H2,1-2H3,(H3,21,22,23,24,25,27). The van der Waals surface area contributed by atoms with Crippen LogP contribution in [0.25, 0.3) is 0 Å². The van der Waals surface area contributed by atoms with Crippen LogP contribution in [0, 0.1) is 6.92 Å². The van der Waals surface area contributed by atoms with Crippen LogP contribution in [-0.4, -0.2) is 35.0 Å². The van der Waals surface area contributed by atoms with E-state index in [4.69, 9.17) is 23.2 Å². The van der Waals surface area contributed by atoms with E-state index in [1.165, 1.54) is 0 Å². The number of carbonyl (C=O) groups is 2. The predicted molar refractivity (Wildman–Crippen MR) is 108 cm³/mol. The van der Waals surface area contributed by atoms with Crippen LogP contribution >= 0.6 is 23.2 Å². The normalized spacial score (nSPS) is 10.4. The van der Waals surface area contributed by atoms with Gasteiger partial charge >= 0.3 is 6.03 Å². The van der Waals surface area contributed by atoms with Gasteiger partial charge in [0.1, 0.15) is 11.6 Å². The number of ketones is 1. The zero-order chi connectivity index (χ0) is 19.8. The van der Waals surface area contributed by atoms with E-state index in [2.05, 4.69) is 31.2 Å². The second-order valence-corrected chi connectivity index (χ2v) is 6.55. The molecule has 0 atom stereocenters. The highest BCUT2D eigenvalue weighted by Gasteiger charge is 2.08. The van der Waals surface area contributed by atoms with Crippen molar-refractivity contribution < 1.29 is 9.59 Å². The summed E-state index contributed by atoms with van der Waals surface area (Å²) in [6.45, 7) is 4.34. The number of rotatable bonds is 8. The third-order valence-electron chi connectivity index (χ3n) is 3.31. The lowest BCUT2D eigenvalue weighted by atomic mass is 10.3. The van der Waals surface area contributed by atoms with Crippen molar-refractivity contribution in [3.8, 4) is 0 Å². The van der Waals surface area contributed by atoms with Gasteiger partial charge in [-0.25, -0.2) is 9.78 Å². The van der Waals surface area contributed by atoms with Gasteiger partial charge in [-0.15, -0.1) is 0 Å². The number of amides is 2. The zero-order valence-corrected chi connectivity index (χ0v) is 16.4. The van der Waals surface area contributed by atoms with Crippen LogP contribution in [0.1, 0.15) is 19.0 Å². The summed E-state index contributed by atoms with van der Waals surface area (Å²) in [5.41, 5.74) is 1.17. The summed E-state index contributed by atoms with van der Waals surface area (Å²) in [4.78, 5) is 31.4. The first-order chi connectivity index (χ1) is 12.8. The molecule has 2 rings (SSSR count). The van der Waals surface area contributed by atoms with Gasteiger partial charge in [-0.05, 0) is 32.0 Å². The number of urea groups is 1. The molecule has 0 fully saturated rings. The lowest BCUT2D eigenvalue weighted by Gasteiger charge is -2.11. The largest absolute Gasteiger partial charge is 0.357 e. The smallest absolute Gasteiger partial charge is 0.326 e. The molecule has 0 saturated carbocycles. The van der Waals surface area contributed by atoms with E-state index in [0.29, 0.717) is 46.9 Å². The summed E-state index contributed by atoms with van der Waals surface area (Å²) in [5.74, 6) is 0.821. The number of aryl methyl sites for hydroxylation is 1. The Hall–Kier alpha value is -2.42. The van der Waals surface area contributed by atoms with Crippen molar-refractivity contribution >= 4 is 52.5 Å². The Kier molecular flexibility index (Phi) is 7.78. The lowest BCUT2D eigenvalue weighted by Crippen LogP contribution is -2.25. The molecule has 144 valence electrons. The molecule has 0 unspecified atom stereocenters. The zero-order valence-electron chi connectivity index (χ0n) is 14.9. The van der Waals surface area contributed by atoms with Crippen molar-refractivity contribution in [1.29, 1.82) is 0 Å². The minimum atomic E-state index is -0.510. The fourth-order valence-corrected chi connectivity index (χ4v) is 2.36. The fraction of sp³-hybridized carbons (Fsp3) is 0.294. The maximum atomic E-state index is 12.1. The molecule has 0 saturated heterocycles. The van der Waals surface area contributed by atoms with Gasteiger partial charge in [-0.3, -0.25) is 15.4 Å². The summed E-state index contributed by atoms with van der Waals surface area (Å²) in [7, 11) is 0. The van der Waals surface area contributed by atoms with Gasteiger partial charge in [0.2, 0.25) is 5.95 Å². The van der Waals surface area contributed by atoms with Gasteiger partial charge in [0, 0.05) is 30.4 Å². The molecule has 1 heterocycles. The monoisotopic (exact) mass is 410 g/mol. The number of benzene rings is 1. The Morgan fingerprint density at radius 2 is 1.85 bits per heavy atom. The molecule has 0 aliphatic heterocycles. The highest BCUT2D eigenvalue weighted by atomic mass is 35.5. The average molecular weight is 411 g/mol. The minimum Gasteiger partial charge on any atom is -0.357 e. The molecule has 1 aromatic carbocycles. The van der Waals surface area contributed by atoms with Gasteiger partial charge in [0.25, 0.3) is 0 Å². The summed E-state index contributed by atoms with van der Waals surface area (Å²) < 4.78 is 0. The molecule has 4 N–H and O–H groups in total. The van der Waals surface area contributed by atoms with Crippen LogP contribution in [-0.2, 0) is 4.79 Å². The van der Waals surface area contributed by atoms with E-state index in [1.54, 1.807) is 38.1 Å². The Morgan fingerprint density at radius 1 is 1.07 bits per heavy atom. The van der Waals surface area contributed by atoms with E-state index < -0.39 is 6.03 Å². The second kappa shape index (κ2) is 10.1. The Morgan fingerprint density at radius 3 is 2.56 bits per heavy atom. The van der Waals surface area contributed by atoms with Crippen molar-refractivity contribution in [3.63, 3.8) is 0 Å². The first-order valence-corrected chi connectivity index (χ1v) is 8.92. The van der Waals surface area contributed by atoms with Crippen molar-refractivity contribution in [2.75, 3.05) is 29.2 Å². The molecule has 2 amide bonds. The number of aromatic nitrogens is 2. The third kappa shape index (κ3) is 7.38. The Balaban J connectivity index is 1.91. The number of hydrogen-bond donors (Lipinski definition) is 4. The SMILES string of the molecule is CC(=O)CCNCNc1cc(C)nc(NC(=O)Nc2ccc(Cl)c(Cl)c2)n1. The van der Waals surface area contributed by atoms with Crippen LogP contribution in [0.4, 0.5) is 22.2 Å². The number of Topliss-reactive ketones (excluding diaryl/α,β-unsaturated/α-hetero) is 1. The van der Waals surface area contributed by atoms with Gasteiger partial charge in [0.05, 0.1) is 16.7 Å². The van der Waals surface area contributed by atoms with Gasteiger partial charge in [-0.2, -0.15) is 4.98 Å². The summed E-state index contributed by atoms with van der Waals surface area (Å²) >= 11 is 11.8. The van der Waals surface area contributed by atoms with Gasteiger partial charge in [0.15, 0.2) is 0 Å². The first-order valence-electron chi connectivity index (χ1n) is 8.16. The van der Waals surface area contributed by atoms with Crippen molar-refractivity contribution in [3.05, 3.63) is 40.0 Å². The molecule has 10 heteroatoms. The quantitative estimate of drug-likeness (QED) is 0.390. The van der Waals surface area contributed by atoms with Gasteiger partial charge < -0.3 is 10.6 Å². The molecular weight excluding hydrogens is 391 g/mol. The van der Waals surface area contributed by atoms with E-state index in [9.17, 15) is 9.59 Å². The lowest BCUT2D eigenvalue weighted by molar-refractivity contribution is -0.116. The van der Waals surface area contributed by atoms with Crippen LogP contribution < -0.4 is 21.3 Å². The molecule has 0 bridgehead atoms. The number of halogens is 2. The molecule has 27 heavy (non-hydrogen) atoms. The number of hydrogen-bond acceptors (Lipinski definition) is 6. The van der Waals surface area contributed by atoms with Crippen LogP contribution in [0.3, 0.4) is 0 Å². The average Bonchev–Trinajstić information content (AvgIpc) is 2.57. The molecule has 0 radical (unpaired) electrons. The molecule has 0 aliphatic rings. The van der Waals surface area contributed by atoms with Gasteiger partial charge in [-0.1, -0.05) is 23.2 Å². The molecular formula is C17H20Cl2N6O2. The van der Waals surface area contributed by atoms with Crippen LogP contribution in [0.2, 0.25) is 10.0 Å².